The summed E-state index contributed by atoms with van der Waals surface area (Å²) in [5.74, 6) is -1.27. The second-order valence-corrected chi connectivity index (χ2v) is 3.65. The first-order valence-electron chi connectivity index (χ1n) is 4.73. The molecule has 0 heterocycles. The van der Waals surface area contributed by atoms with Gasteiger partial charge in [-0.3, -0.25) is 0 Å². The summed E-state index contributed by atoms with van der Waals surface area (Å²) in [4.78, 5) is 10.5. The van der Waals surface area contributed by atoms with E-state index in [9.17, 15) is 15.0 Å². The Labute approximate surface area is 88.9 Å². The molecule has 0 aliphatic rings. The number of aliphatic hydroxyl groups is 2. The lowest BCUT2D eigenvalue weighted by Gasteiger charge is -2.18. The first kappa shape index (κ1) is 14.3. The predicted octanol–water partition coefficient (Wildman–Crippen LogP) is -1.19. The molecule has 2 unspecified atom stereocenters. The quantitative estimate of drug-likeness (QED) is 0.385. The van der Waals surface area contributed by atoms with Crippen LogP contribution < -0.4 is 5.32 Å². The summed E-state index contributed by atoms with van der Waals surface area (Å²) < 4.78 is 4.72. The fourth-order valence-corrected chi connectivity index (χ4v) is 0.952. The molecule has 0 saturated heterocycles. The van der Waals surface area contributed by atoms with Crippen molar-refractivity contribution in [3.8, 4) is 0 Å². The number of hydrogen-bond acceptors (Lipinski definition) is 5. The minimum absolute atomic E-state index is 0.0535. The summed E-state index contributed by atoms with van der Waals surface area (Å²) in [5.41, 5.74) is -1.77. The van der Waals surface area contributed by atoms with Crippen molar-refractivity contribution in [2.24, 2.45) is 0 Å². The monoisotopic (exact) mass is 221 g/mol. The third-order valence-electron chi connectivity index (χ3n) is 1.94. The molecule has 0 aromatic rings. The zero-order valence-electron chi connectivity index (χ0n) is 9.06. The number of ether oxygens (including phenoxy) is 1. The number of methoxy groups -OCH3 is 1. The highest BCUT2D eigenvalue weighted by Gasteiger charge is 2.28. The third-order valence-corrected chi connectivity index (χ3v) is 1.94. The molecule has 0 aromatic carbocycles. The van der Waals surface area contributed by atoms with Crippen LogP contribution in [0.2, 0.25) is 0 Å². The highest BCUT2D eigenvalue weighted by atomic mass is 16.5. The summed E-state index contributed by atoms with van der Waals surface area (Å²) in [6.07, 6.45) is -0.124. The molecule has 0 aliphatic carbocycles. The van der Waals surface area contributed by atoms with Gasteiger partial charge in [0.2, 0.25) is 0 Å². The number of aliphatic carboxylic acids is 1. The molecule has 15 heavy (non-hydrogen) atoms. The molecular weight excluding hydrogens is 202 g/mol. The van der Waals surface area contributed by atoms with Crippen molar-refractivity contribution in [1.82, 2.24) is 5.32 Å². The van der Waals surface area contributed by atoms with Gasteiger partial charge in [-0.1, -0.05) is 0 Å². The van der Waals surface area contributed by atoms with Crippen LogP contribution in [0.5, 0.6) is 0 Å². The maximum Gasteiger partial charge on any atom is 0.336 e. The smallest absolute Gasteiger partial charge is 0.336 e. The van der Waals surface area contributed by atoms with Gasteiger partial charge in [0.1, 0.15) is 0 Å². The number of carboxylic acids is 1. The molecule has 4 N–H and O–H groups in total. The van der Waals surface area contributed by atoms with Gasteiger partial charge in [-0.2, -0.15) is 0 Å². The topological polar surface area (TPSA) is 99.0 Å². The van der Waals surface area contributed by atoms with Crippen LogP contribution in [0.1, 0.15) is 13.3 Å². The molecular formula is C9H19NO5. The SMILES string of the molecule is COCC(O)CCNCC(C)(O)C(=O)O. The average molecular weight is 221 g/mol. The molecule has 0 bridgehead atoms. The Hall–Kier alpha value is -0.690. The molecule has 0 rings (SSSR count). The summed E-state index contributed by atoms with van der Waals surface area (Å²) in [7, 11) is 1.49. The third kappa shape index (κ3) is 6.40. The lowest BCUT2D eigenvalue weighted by molar-refractivity contribution is -0.156. The van der Waals surface area contributed by atoms with Crippen LogP contribution >= 0.6 is 0 Å². The zero-order valence-corrected chi connectivity index (χ0v) is 9.06. The second kappa shape index (κ2) is 6.73. The number of aliphatic hydroxyl groups excluding tert-OH is 1. The highest BCUT2D eigenvalue weighted by molar-refractivity contribution is 5.76. The highest BCUT2D eigenvalue weighted by Crippen LogP contribution is 2.00. The molecule has 0 amide bonds. The molecule has 0 aliphatic heterocycles. The van der Waals surface area contributed by atoms with Crippen molar-refractivity contribution in [3.63, 3.8) is 0 Å². The Morgan fingerprint density at radius 1 is 1.60 bits per heavy atom. The molecule has 6 nitrogen and oxygen atoms in total. The van der Waals surface area contributed by atoms with Crippen molar-refractivity contribution in [2.45, 2.75) is 25.0 Å². The first-order chi connectivity index (χ1) is 6.90. The molecule has 2 atom stereocenters. The molecule has 0 fully saturated rings. The van der Waals surface area contributed by atoms with Gasteiger partial charge in [0.25, 0.3) is 0 Å². The van der Waals surface area contributed by atoms with Crippen LogP contribution in [-0.2, 0) is 9.53 Å². The van der Waals surface area contributed by atoms with Crippen LogP contribution in [0.15, 0.2) is 0 Å². The fourth-order valence-electron chi connectivity index (χ4n) is 0.952. The molecule has 0 aromatic heterocycles. The van der Waals surface area contributed by atoms with Crippen LogP contribution in [0, 0.1) is 0 Å². The van der Waals surface area contributed by atoms with Crippen molar-refractivity contribution in [3.05, 3.63) is 0 Å². The van der Waals surface area contributed by atoms with Crippen molar-refractivity contribution in [1.29, 1.82) is 0 Å². The van der Waals surface area contributed by atoms with Gasteiger partial charge in [0, 0.05) is 13.7 Å². The summed E-state index contributed by atoms with van der Waals surface area (Å²) in [6, 6.07) is 0. The van der Waals surface area contributed by atoms with Crippen molar-refractivity contribution >= 4 is 5.97 Å². The molecule has 90 valence electrons. The van der Waals surface area contributed by atoms with E-state index in [1.54, 1.807) is 0 Å². The standard InChI is InChI=1S/C9H19NO5/c1-9(14,8(12)13)6-10-4-3-7(11)5-15-2/h7,10-11,14H,3-6H2,1-2H3,(H,12,13). The zero-order chi connectivity index (χ0) is 11.9. The number of rotatable bonds is 8. The molecule has 0 saturated carbocycles. The van der Waals surface area contributed by atoms with Gasteiger partial charge in [-0.15, -0.1) is 0 Å². The molecule has 0 radical (unpaired) electrons. The van der Waals surface area contributed by atoms with E-state index in [4.69, 9.17) is 9.84 Å². The van der Waals surface area contributed by atoms with Gasteiger partial charge in [-0.05, 0) is 19.9 Å². The summed E-state index contributed by atoms with van der Waals surface area (Å²) in [5, 5.41) is 29.9. The minimum Gasteiger partial charge on any atom is -0.479 e. The van der Waals surface area contributed by atoms with Gasteiger partial charge >= 0.3 is 5.97 Å². The number of hydrogen-bond donors (Lipinski definition) is 4. The second-order valence-electron chi connectivity index (χ2n) is 3.65. The first-order valence-corrected chi connectivity index (χ1v) is 4.73. The van der Waals surface area contributed by atoms with Crippen molar-refractivity contribution < 1.29 is 24.9 Å². The van der Waals surface area contributed by atoms with Gasteiger partial charge in [-0.25, -0.2) is 4.79 Å². The Bertz CT molecular complexity index is 195. The average Bonchev–Trinajstić information content (AvgIpc) is 2.13. The van der Waals surface area contributed by atoms with Crippen molar-refractivity contribution in [2.75, 3.05) is 26.8 Å². The maximum atomic E-state index is 10.5. The van der Waals surface area contributed by atoms with E-state index in [1.165, 1.54) is 14.0 Å². The summed E-state index contributed by atoms with van der Waals surface area (Å²) in [6.45, 7) is 1.83. The Morgan fingerprint density at radius 3 is 2.67 bits per heavy atom. The normalized spacial score (nSPS) is 17.1. The predicted molar refractivity (Wildman–Crippen MR) is 53.6 cm³/mol. The Balaban J connectivity index is 3.58. The van der Waals surface area contributed by atoms with E-state index in [0.717, 1.165) is 0 Å². The minimum atomic E-state index is -1.77. The van der Waals surface area contributed by atoms with Crippen LogP contribution in [0.25, 0.3) is 0 Å². The fraction of sp³-hybridized carbons (Fsp3) is 0.889. The maximum absolute atomic E-state index is 10.5. The van der Waals surface area contributed by atoms with E-state index >= 15 is 0 Å². The van der Waals surface area contributed by atoms with E-state index in [0.29, 0.717) is 13.0 Å². The van der Waals surface area contributed by atoms with E-state index in [2.05, 4.69) is 5.32 Å². The largest absolute Gasteiger partial charge is 0.479 e. The van der Waals surface area contributed by atoms with E-state index in [1.807, 2.05) is 0 Å². The number of carbonyl (C=O) groups is 1. The molecule has 0 spiro atoms. The van der Waals surface area contributed by atoms with Crippen LogP contribution in [0.4, 0.5) is 0 Å². The lowest BCUT2D eigenvalue weighted by atomic mass is 10.1. The van der Waals surface area contributed by atoms with Gasteiger partial charge in [0.05, 0.1) is 12.7 Å². The lowest BCUT2D eigenvalue weighted by Crippen LogP contribution is -2.45. The number of nitrogens with one attached hydrogen (secondary N) is 1. The Morgan fingerprint density at radius 2 is 2.20 bits per heavy atom. The van der Waals surface area contributed by atoms with Crippen LogP contribution in [0.3, 0.4) is 0 Å². The van der Waals surface area contributed by atoms with E-state index < -0.39 is 17.7 Å². The van der Waals surface area contributed by atoms with Gasteiger partial charge < -0.3 is 25.4 Å². The van der Waals surface area contributed by atoms with Crippen LogP contribution in [-0.4, -0.2) is 59.8 Å². The van der Waals surface area contributed by atoms with Gasteiger partial charge in [0.15, 0.2) is 5.60 Å². The molecule has 6 heteroatoms. The number of carboxylic acid groups (broad SMARTS) is 1. The summed E-state index contributed by atoms with van der Waals surface area (Å²) >= 11 is 0. The van der Waals surface area contributed by atoms with E-state index in [-0.39, 0.29) is 13.2 Å². The Kier molecular flexibility index (Phi) is 6.42.